The molecule has 1 aliphatic rings. The van der Waals surface area contributed by atoms with Crippen LogP contribution < -0.4 is 10.0 Å². The molecule has 1 aromatic rings. The minimum atomic E-state index is -3.41. The predicted molar refractivity (Wildman–Crippen MR) is 82.3 cm³/mol. The lowest BCUT2D eigenvalue weighted by Crippen LogP contribution is -2.42. The van der Waals surface area contributed by atoms with Crippen LogP contribution in [0.3, 0.4) is 0 Å². The van der Waals surface area contributed by atoms with E-state index in [1.54, 1.807) is 12.1 Å². The first kappa shape index (κ1) is 16.9. The van der Waals surface area contributed by atoms with Crippen LogP contribution >= 0.6 is 28.3 Å². The van der Waals surface area contributed by atoms with Gasteiger partial charge in [-0.05, 0) is 56.6 Å². The highest BCUT2D eigenvalue weighted by molar-refractivity contribution is 9.10. The lowest BCUT2D eigenvalue weighted by molar-refractivity contribution is 0.427. The van der Waals surface area contributed by atoms with Crippen molar-refractivity contribution in [2.75, 3.05) is 13.1 Å². The number of hydrogen-bond acceptors (Lipinski definition) is 3. The van der Waals surface area contributed by atoms with Crippen molar-refractivity contribution in [2.45, 2.75) is 30.7 Å². The van der Waals surface area contributed by atoms with Gasteiger partial charge in [0, 0.05) is 10.5 Å². The Morgan fingerprint density at radius 3 is 2.47 bits per heavy atom. The first-order valence-corrected chi connectivity index (χ1v) is 8.25. The average Bonchev–Trinajstić information content (AvgIpc) is 2.28. The van der Waals surface area contributed by atoms with Crippen LogP contribution in [0.4, 0.5) is 0 Å². The van der Waals surface area contributed by atoms with Crippen LogP contribution in [0.25, 0.3) is 0 Å². The number of sulfonamides is 1. The molecule has 0 bridgehead atoms. The number of piperidine rings is 1. The van der Waals surface area contributed by atoms with E-state index in [2.05, 4.69) is 26.0 Å². The quantitative estimate of drug-likeness (QED) is 0.859. The van der Waals surface area contributed by atoms with Crippen molar-refractivity contribution >= 4 is 38.4 Å². The number of nitrogens with one attached hydrogen (secondary N) is 2. The second-order valence-corrected chi connectivity index (χ2v) is 7.24. The normalized spacial score (nSPS) is 16.9. The SMILES string of the molecule is Cc1cc(Br)cc(S(=O)(=O)NC2CCNCC2)c1.Cl. The highest BCUT2D eigenvalue weighted by Crippen LogP contribution is 2.20. The summed E-state index contributed by atoms with van der Waals surface area (Å²) in [5.41, 5.74) is 0.926. The fourth-order valence-electron chi connectivity index (χ4n) is 2.09. The molecular formula is C12H18BrClN2O2S. The van der Waals surface area contributed by atoms with Crippen LogP contribution in [-0.4, -0.2) is 27.5 Å². The monoisotopic (exact) mass is 368 g/mol. The first-order chi connectivity index (χ1) is 8.47. The second kappa shape index (κ2) is 7.04. The summed E-state index contributed by atoms with van der Waals surface area (Å²) in [6, 6.07) is 5.25. The van der Waals surface area contributed by atoms with E-state index in [0.717, 1.165) is 36.0 Å². The molecule has 1 saturated heterocycles. The van der Waals surface area contributed by atoms with Gasteiger partial charge >= 0.3 is 0 Å². The van der Waals surface area contributed by atoms with Crippen LogP contribution in [-0.2, 0) is 10.0 Å². The smallest absolute Gasteiger partial charge is 0.240 e. The zero-order valence-electron chi connectivity index (χ0n) is 10.6. The van der Waals surface area contributed by atoms with E-state index in [1.807, 2.05) is 13.0 Å². The van der Waals surface area contributed by atoms with Gasteiger partial charge in [0.2, 0.25) is 10.0 Å². The molecule has 2 rings (SSSR count). The summed E-state index contributed by atoms with van der Waals surface area (Å²) >= 11 is 3.33. The topological polar surface area (TPSA) is 58.2 Å². The Morgan fingerprint density at radius 1 is 1.26 bits per heavy atom. The zero-order chi connectivity index (χ0) is 13.2. The molecule has 108 valence electrons. The van der Waals surface area contributed by atoms with Gasteiger partial charge in [-0.3, -0.25) is 0 Å². The van der Waals surface area contributed by atoms with Crippen LogP contribution in [0, 0.1) is 6.92 Å². The molecule has 0 amide bonds. The van der Waals surface area contributed by atoms with Gasteiger partial charge in [0.25, 0.3) is 0 Å². The Kier molecular flexibility index (Phi) is 6.26. The third-order valence-corrected chi connectivity index (χ3v) is 4.94. The molecule has 1 heterocycles. The fourth-order valence-corrected chi connectivity index (χ4v) is 4.28. The number of aryl methyl sites for hydroxylation is 1. The van der Waals surface area contributed by atoms with E-state index in [1.165, 1.54) is 0 Å². The van der Waals surface area contributed by atoms with Crippen LogP contribution in [0.2, 0.25) is 0 Å². The molecule has 1 aliphatic heterocycles. The van der Waals surface area contributed by atoms with Crippen LogP contribution in [0.1, 0.15) is 18.4 Å². The Balaban J connectivity index is 0.00000180. The van der Waals surface area contributed by atoms with E-state index in [0.29, 0.717) is 4.90 Å². The summed E-state index contributed by atoms with van der Waals surface area (Å²) in [6.45, 7) is 3.61. The maximum absolute atomic E-state index is 12.3. The largest absolute Gasteiger partial charge is 0.317 e. The van der Waals surface area contributed by atoms with Gasteiger partial charge in [-0.1, -0.05) is 15.9 Å². The van der Waals surface area contributed by atoms with E-state index in [-0.39, 0.29) is 18.4 Å². The van der Waals surface area contributed by atoms with Crippen molar-refractivity contribution in [3.8, 4) is 0 Å². The standard InChI is InChI=1S/C12H17BrN2O2S.ClH/c1-9-6-10(13)8-12(7-9)18(16,17)15-11-2-4-14-5-3-11;/h6-8,11,14-15H,2-5H2,1H3;1H. The van der Waals surface area contributed by atoms with E-state index < -0.39 is 10.0 Å². The molecule has 0 aliphatic carbocycles. The molecule has 4 nitrogen and oxygen atoms in total. The highest BCUT2D eigenvalue weighted by atomic mass is 79.9. The van der Waals surface area contributed by atoms with Gasteiger partial charge in [0.05, 0.1) is 4.90 Å². The van der Waals surface area contributed by atoms with Gasteiger partial charge in [0.1, 0.15) is 0 Å². The summed E-state index contributed by atoms with van der Waals surface area (Å²) in [7, 11) is -3.41. The van der Waals surface area contributed by atoms with Crippen molar-refractivity contribution in [3.63, 3.8) is 0 Å². The van der Waals surface area contributed by atoms with Gasteiger partial charge in [-0.2, -0.15) is 0 Å². The molecule has 19 heavy (non-hydrogen) atoms. The van der Waals surface area contributed by atoms with Gasteiger partial charge in [-0.15, -0.1) is 12.4 Å². The van der Waals surface area contributed by atoms with E-state index in [9.17, 15) is 8.42 Å². The maximum atomic E-state index is 12.3. The van der Waals surface area contributed by atoms with Gasteiger partial charge < -0.3 is 5.32 Å². The predicted octanol–water partition coefficient (Wildman–Crippen LogP) is 2.21. The molecule has 0 atom stereocenters. The fraction of sp³-hybridized carbons (Fsp3) is 0.500. The lowest BCUT2D eigenvalue weighted by atomic mass is 10.1. The van der Waals surface area contributed by atoms with Gasteiger partial charge in [-0.25, -0.2) is 13.1 Å². The zero-order valence-corrected chi connectivity index (χ0v) is 13.9. The summed E-state index contributed by atoms with van der Waals surface area (Å²) in [5, 5.41) is 3.22. The third-order valence-electron chi connectivity index (χ3n) is 2.99. The maximum Gasteiger partial charge on any atom is 0.240 e. The van der Waals surface area contributed by atoms with Crippen molar-refractivity contribution < 1.29 is 8.42 Å². The lowest BCUT2D eigenvalue weighted by Gasteiger charge is -2.23. The van der Waals surface area contributed by atoms with Crippen molar-refractivity contribution in [1.29, 1.82) is 0 Å². The molecule has 0 spiro atoms. The highest BCUT2D eigenvalue weighted by Gasteiger charge is 2.21. The van der Waals surface area contributed by atoms with E-state index in [4.69, 9.17) is 0 Å². The molecule has 2 N–H and O–H groups in total. The minimum Gasteiger partial charge on any atom is -0.317 e. The van der Waals surface area contributed by atoms with Crippen LogP contribution in [0.15, 0.2) is 27.6 Å². The number of halogens is 2. The molecule has 7 heteroatoms. The van der Waals surface area contributed by atoms with Crippen molar-refractivity contribution in [3.05, 3.63) is 28.2 Å². The molecule has 0 radical (unpaired) electrons. The van der Waals surface area contributed by atoms with E-state index >= 15 is 0 Å². The number of benzene rings is 1. The van der Waals surface area contributed by atoms with Gasteiger partial charge in [0.15, 0.2) is 0 Å². The summed E-state index contributed by atoms with van der Waals surface area (Å²) in [4.78, 5) is 0.327. The Labute approximate surface area is 128 Å². The third kappa shape index (κ3) is 4.72. The second-order valence-electron chi connectivity index (χ2n) is 4.61. The summed E-state index contributed by atoms with van der Waals surface area (Å²) in [5.74, 6) is 0. The molecular weight excluding hydrogens is 352 g/mol. The molecule has 0 unspecified atom stereocenters. The number of rotatable bonds is 3. The summed E-state index contributed by atoms with van der Waals surface area (Å²) < 4.78 is 28.1. The molecule has 1 fully saturated rings. The average molecular weight is 370 g/mol. The van der Waals surface area contributed by atoms with Crippen molar-refractivity contribution in [2.24, 2.45) is 0 Å². The molecule has 1 aromatic carbocycles. The Morgan fingerprint density at radius 2 is 1.89 bits per heavy atom. The summed E-state index contributed by atoms with van der Waals surface area (Å²) in [6.07, 6.45) is 1.68. The minimum absolute atomic E-state index is 0. The number of hydrogen-bond donors (Lipinski definition) is 2. The Bertz CT molecular complexity index is 510. The van der Waals surface area contributed by atoms with Crippen LogP contribution in [0.5, 0.6) is 0 Å². The molecule has 0 aromatic heterocycles. The first-order valence-electron chi connectivity index (χ1n) is 5.97. The van der Waals surface area contributed by atoms with Crippen molar-refractivity contribution in [1.82, 2.24) is 10.0 Å². The molecule has 0 saturated carbocycles. The Hall–Kier alpha value is -0.140.